The van der Waals surface area contributed by atoms with Crippen molar-refractivity contribution in [2.24, 2.45) is 4.99 Å². The number of hydrogen-bond donors (Lipinski definition) is 2. The van der Waals surface area contributed by atoms with Crippen molar-refractivity contribution in [3.8, 4) is 5.69 Å². The summed E-state index contributed by atoms with van der Waals surface area (Å²) in [4.78, 5) is 20.1. The molecule has 1 aliphatic heterocycles. The van der Waals surface area contributed by atoms with Crippen LogP contribution in [0.3, 0.4) is 0 Å². The predicted octanol–water partition coefficient (Wildman–Crippen LogP) is 4.55. The molecule has 1 aliphatic rings. The van der Waals surface area contributed by atoms with Gasteiger partial charge in [0.25, 0.3) is 0 Å². The molecule has 1 saturated heterocycles. The summed E-state index contributed by atoms with van der Waals surface area (Å²) in [6.07, 6.45) is 2.63. The molecule has 2 amide bonds. The fraction of sp³-hybridized carbons (Fsp3) is 0.480. The Morgan fingerprint density at radius 1 is 1.26 bits per heavy atom. The van der Waals surface area contributed by atoms with Crippen molar-refractivity contribution < 1.29 is 9.53 Å². The van der Waals surface area contributed by atoms with Crippen LogP contribution in [0.1, 0.15) is 38.4 Å². The second kappa shape index (κ2) is 12.2. The molecule has 8 nitrogen and oxygen atoms in total. The quantitative estimate of drug-likeness (QED) is 0.403. The van der Waals surface area contributed by atoms with Crippen LogP contribution in [-0.4, -0.2) is 66.2 Å². The molecule has 1 fully saturated rings. The van der Waals surface area contributed by atoms with Gasteiger partial charge in [-0.25, -0.2) is 9.48 Å². The number of hydrogen-bond acceptors (Lipinski definition) is 6. The van der Waals surface area contributed by atoms with Crippen molar-refractivity contribution in [2.45, 2.75) is 39.5 Å². The molecule has 1 aromatic heterocycles. The molecule has 3 rings (SSSR count). The topological polar surface area (TPSA) is 83.8 Å². The van der Waals surface area contributed by atoms with E-state index in [0.29, 0.717) is 11.7 Å². The van der Waals surface area contributed by atoms with Crippen LogP contribution in [0.2, 0.25) is 0 Å². The van der Waals surface area contributed by atoms with Crippen LogP contribution in [0.25, 0.3) is 5.69 Å². The van der Waals surface area contributed by atoms with Crippen LogP contribution in [0.15, 0.2) is 46.4 Å². The summed E-state index contributed by atoms with van der Waals surface area (Å²) in [5.41, 5.74) is 2.83. The van der Waals surface area contributed by atoms with Crippen LogP contribution in [0, 0.1) is 6.92 Å². The summed E-state index contributed by atoms with van der Waals surface area (Å²) in [5.74, 6) is 1.06. The lowest BCUT2D eigenvalue weighted by molar-refractivity contribution is 0.0386. The van der Waals surface area contributed by atoms with Crippen molar-refractivity contribution in [3.05, 3.63) is 52.7 Å². The van der Waals surface area contributed by atoms with Gasteiger partial charge in [0.15, 0.2) is 0 Å². The van der Waals surface area contributed by atoms with Gasteiger partial charge in [-0.15, -0.1) is 11.8 Å². The molecule has 2 N–H and O–H groups in total. The number of urea groups is 1. The van der Waals surface area contributed by atoms with Crippen LogP contribution in [-0.2, 0) is 10.2 Å². The highest BCUT2D eigenvalue weighted by Gasteiger charge is 2.21. The Kier molecular flexibility index (Phi) is 9.32. The number of morpholine rings is 1. The molecule has 2 heterocycles. The number of thioether (sulfide) groups is 1. The average Bonchev–Trinajstić information content (AvgIpc) is 3.23. The number of amides is 2. The third-order valence-electron chi connectivity index (χ3n) is 5.50. The Balaban J connectivity index is 1.59. The monoisotopic (exact) mass is 484 g/mol. The van der Waals surface area contributed by atoms with E-state index in [0.717, 1.165) is 55.6 Å². The summed E-state index contributed by atoms with van der Waals surface area (Å²) in [6.45, 7) is 16.3. The maximum absolute atomic E-state index is 12.7. The number of ether oxygens (including phenoxy) is 1. The minimum absolute atomic E-state index is 0.142. The third kappa shape index (κ3) is 7.72. The number of carbonyl (C=O) groups is 1. The average molecular weight is 485 g/mol. The summed E-state index contributed by atoms with van der Waals surface area (Å²) >= 11 is 1.56. The molecule has 0 atom stereocenters. The molecular weight excluding hydrogens is 448 g/mol. The zero-order valence-corrected chi connectivity index (χ0v) is 21.5. The molecule has 184 valence electrons. The Hall–Kier alpha value is -2.62. The van der Waals surface area contributed by atoms with Gasteiger partial charge in [-0.3, -0.25) is 15.2 Å². The molecule has 0 spiro atoms. The summed E-state index contributed by atoms with van der Waals surface area (Å²) in [7, 11) is 0. The first kappa shape index (κ1) is 26.0. The minimum Gasteiger partial charge on any atom is -0.379 e. The van der Waals surface area contributed by atoms with Crippen molar-refractivity contribution in [1.82, 2.24) is 20.0 Å². The number of aromatic nitrogens is 2. The van der Waals surface area contributed by atoms with Crippen LogP contribution in [0.5, 0.6) is 0 Å². The molecular formula is C25H36N6O2S. The highest BCUT2D eigenvalue weighted by molar-refractivity contribution is 8.03. The van der Waals surface area contributed by atoms with E-state index in [1.165, 1.54) is 5.56 Å². The SMILES string of the molecule is C=N/C=C(/CCN1CCOCC1)SCNC(=O)Nc1cc(C(C)(C)C)nn1-c1ccc(C)cc1. The molecule has 0 aliphatic carbocycles. The van der Waals surface area contributed by atoms with E-state index in [9.17, 15) is 4.79 Å². The largest absolute Gasteiger partial charge is 0.379 e. The van der Waals surface area contributed by atoms with Crippen molar-refractivity contribution in [2.75, 3.05) is 44.0 Å². The van der Waals surface area contributed by atoms with Gasteiger partial charge in [0.05, 0.1) is 30.5 Å². The number of aryl methyl sites for hydroxylation is 1. The second-order valence-corrected chi connectivity index (χ2v) is 10.4. The fourth-order valence-corrected chi connectivity index (χ4v) is 4.22. The molecule has 0 bridgehead atoms. The molecule has 0 unspecified atom stereocenters. The fourth-order valence-electron chi connectivity index (χ4n) is 3.44. The molecule has 2 aromatic rings. The zero-order chi connectivity index (χ0) is 24.6. The van der Waals surface area contributed by atoms with E-state index in [4.69, 9.17) is 9.84 Å². The lowest BCUT2D eigenvalue weighted by Gasteiger charge is -2.26. The number of benzene rings is 1. The molecule has 0 radical (unpaired) electrons. The second-order valence-electron chi connectivity index (χ2n) is 9.31. The summed E-state index contributed by atoms with van der Waals surface area (Å²) in [5, 5.41) is 10.7. The number of nitrogens with one attached hydrogen (secondary N) is 2. The van der Waals surface area contributed by atoms with Gasteiger partial charge < -0.3 is 10.1 Å². The summed E-state index contributed by atoms with van der Waals surface area (Å²) in [6, 6.07) is 9.73. The van der Waals surface area contributed by atoms with Gasteiger partial charge in [0.1, 0.15) is 5.82 Å². The first-order valence-electron chi connectivity index (χ1n) is 11.6. The van der Waals surface area contributed by atoms with Crippen LogP contribution < -0.4 is 10.6 Å². The molecule has 34 heavy (non-hydrogen) atoms. The van der Waals surface area contributed by atoms with Crippen molar-refractivity contribution in [1.29, 1.82) is 0 Å². The van der Waals surface area contributed by atoms with E-state index >= 15 is 0 Å². The van der Waals surface area contributed by atoms with E-state index in [2.05, 4.69) is 48.0 Å². The maximum Gasteiger partial charge on any atom is 0.321 e. The smallest absolute Gasteiger partial charge is 0.321 e. The standard InChI is InChI=1S/C25H36N6O2S/c1-19-6-8-20(9-7-19)31-23(16-22(29-31)25(2,3)4)28-24(32)27-18-34-21(17-26-5)10-11-30-12-14-33-15-13-30/h6-9,16-17H,5,10-15,18H2,1-4H3,(H2,27,28,32)/b21-17-. The lowest BCUT2D eigenvalue weighted by atomic mass is 9.92. The van der Waals surface area contributed by atoms with Crippen LogP contribution in [0.4, 0.5) is 10.6 Å². The van der Waals surface area contributed by atoms with Gasteiger partial charge in [-0.2, -0.15) is 5.10 Å². The number of rotatable bonds is 9. The Morgan fingerprint density at radius 2 is 1.97 bits per heavy atom. The van der Waals surface area contributed by atoms with Gasteiger partial charge >= 0.3 is 6.03 Å². The number of aliphatic imine (C=N–C) groups is 1. The van der Waals surface area contributed by atoms with E-state index in [-0.39, 0.29) is 11.4 Å². The van der Waals surface area contributed by atoms with Gasteiger partial charge in [0.2, 0.25) is 0 Å². The van der Waals surface area contributed by atoms with Gasteiger partial charge in [0, 0.05) is 42.2 Å². The molecule has 0 saturated carbocycles. The van der Waals surface area contributed by atoms with Crippen LogP contribution >= 0.6 is 11.8 Å². The normalized spacial score (nSPS) is 15.2. The first-order valence-corrected chi connectivity index (χ1v) is 12.5. The summed E-state index contributed by atoms with van der Waals surface area (Å²) < 4.78 is 7.19. The Bertz CT molecular complexity index is 988. The third-order valence-corrected chi connectivity index (χ3v) is 6.47. The molecule has 9 heteroatoms. The lowest BCUT2D eigenvalue weighted by Crippen LogP contribution is -2.36. The highest BCUT2D eigenvalue weighted by Crippen LogP contribution is 2.26. The number of nitrogens with zero attached hydrogens (tertiary/aromatic N) is 4. The molecule has 1 aromatic carbocycles. The maximum atomic E-state index is 12.7. The Morgan fingerprint density at radius 3 is 2.62 bits per heavy atom. The predicted molar refractivity (Wildman–Crippen MR) is 141 cm³/mol. The Labute approximate surface area is 206 Å². The van der Waals surface area contributed by atoms with Gasteiger partial charge in [-0.1, -0.05) is 38.5 Å². The van der Waals surface area contributed by atoms with E-state index in [1.807, 2.05) is 37.3 Å². The number of anilines is 1. The van der Waals surface area contributed by atoms with E-state index in [1.54, 1.807) is 22.6 Å². The van der Waals surface area contributed by atoms with Crippen molar-refractivity contribution >= 4 is 30.3 Å². The van der Waals surface area contributed by atoms with Gasteiger partial charge in [-0.05, 0) is 32.2 Å². The first-order chi connectivity index (χ1) is 16.3. The highest BCUT2D eigenvalue weighted by atomic mass is 32.2. The number of carbonyl (C=O) groups excluding carboxylic acids is 1. The zero-order valence-electron chi connectivity index (χ0n) is 20.6. The minimum atomic E-state index is -0.277. The van der Waals surface area contributed by atoms with E-state index < -0.39 is 0 Å². The van der Waals surface area contributed by atoms with Crippen molar-refractivity contribution in [3.63, 3.8) is 0 Å².